The Balaban J connectivity index is 2.35. The van der Waals surface area contributed by atoms with Gasteiger partial charge in [0.15, 0.2) is 0 Å². The largest absolute Gasteiger partial charge is 0.324 e. The van der Waals surface area contributed by atoms with E-state index in [0.717, 1.165) is 5.39 Å². The van der Waals surface area contributed by atoms with Gasteiger partial charge in [-0.25, -0.2) is 13.1 Å². The number of benzene rings is 1. The smallest absolute Gasteiger partial charge is 0.241 e. The highest BCUT2D eigenvalue weighted by Gasteiger charge is 2.24. The van der Waals surface area contributed by atoms with Crippen molar-refractivity contribution >= 4 is 20.8 Å². The summed E-state index contributed by atoms with van der Waals surface area (Å²) < 4.78 is 27.7. The topological polar surface area (TPSA) is 85.1 Å². The van der Waals surface area contributed by atoms with Crippen LogP contribution >= 0.6 is 0 Å². The Labute approximate surface area is 125 Å². The summed E-state index contributed by atoms with van der Waals surface area (Å²) in [6.45, 7) is 4.15. The average molecular weight is 307 g/mol. The van der Waals surface area contributed by atoms with E-state index in [1.165, 1.54) is 0 Å². The minimum atomic E-state index is -3.60. The van der Waals surface area contributed by atoms with Gasteiger partial charge in [0.25, 0.3) is 0 Å². The van der Waals surface area contributed by atoms with Crippen molar-refractivity contribution in [2.75, 3.05) is 6.54 Å². The fraction of sp³-hybridized carbons (Fsp3) is 0.400. The Kier molecular flexibility index (Phi) is 4.61. The molecule has 0 aliphatic rings. The molecule has 0 radical (unpaired) electrons. The van der Waals surface area contributed by atoms with E-state index in [2.05, 4.69) is 9.71 Å². The number of nitrogens with two attached hydrogens (primary N) is 1. The van der Waals surface area contributed by atoms with Crippen molar-refractivity contribution < 1.29 is 8.42 Å². The molecule has 0 amide bonds. The number of hydrogen-bond donors (Lipinski definition) is 2. The molecule has 1 aromatic heterocycles. The first kappa shape index (κ1) is 15.9. The summed E-state index contributed by atoms with van der Waals surface area (Å²) >= 11 is 0. The van der Waals surface area contributed by atoms with Crippen LogP contribution in [-0.4, -0.2) is 25.5 Å². The Morgan fingerprint density at radius 2 is 1.95 bits per heavy atom. The molecule has 0 aliphatic carbocycles. The second-order valence-electron chi connectivity index (χ2n) is 5.25. The van der Waals surface area contributed by atoms with Crippen LogP contribution in [0.25, 0.3) is 10.8 Å². The minimum absolute atomic E-state index is 0.226. The van der Waals surface area contributed by atoms with E-state index in [0.29, 0.717) is 18.2 Å². The Morgan fingerprint density at radius 1 is 1.24 bits per heavy atom. The first-order chi connectivity index (χ1) is 9.92. The van der Waals surface area contributed by atoms with Gasteiger partial charge in [0.1, 0.15) is 0 Å². The van der Waals surface area contributed by atoms with Crippen molar-refractivity contribution in [1.29, 1.82) is 0 Å². The number of pyridine rings is 1. The summed E-state index contributed by atoms with van der Waals surface area (Å²) in [6, 6.07) is 6.86. The van der Waals surface area contributed by atoms with Crippen molar-refractivity contribution in [3.05, 3.63) is 36.7 Å². The van der Waals surface area contributed by atoms with Crippen LogP contribution < -0.4 is 10.5 Å². The van der Waals surface area contributed by atoms with E-state index < -0.39 is 15.6 Å². The lowest BCUT2D eigenvalue weighted by Gasteiger charge is -2.26. The zero-order valence-electron chi connectivity index (χ0n) is 12.3. The van der Waals surface area contributed by atoms with Gasteiger partial charge in [-0.15, -0.1) is 0 Å². The SMILES string of the molecule is CCC(N)(CC)CNS(=O)(=O)c1cccc2cnccc12. The lowest BCUT2D eigenvalue weighted by molar-refractivity contribution is 0.392. The van der Waals surface area contributed by atoms with Crippen LogP contribution in [0.3, 0.4) is 0 Å². The first-order valence-corrected chi connectivity index (χ1v) is 8.51. The summed E-state index contributed by atoms with van der Waals surface area (Å²) in [5.41, 5.74) is 5.64. The van der Waals surface area contributed by atoms with Crippen molar-refractivity contribution in [3.63, 3.8) is 0 Å². The highest BCUT2D eigenvalue weighted by atomic mass is 32.2. The maximum atomic E-state index is 12.5. The van der Waals surface area contributed by atoms with Crippen LogP contribution in [-0.2, 0) is 10.0 Å². The molecule has 6 heteroatoms. The molecule has 1 heterocycles. The predicted octanol–water partition coefficient (Wildman–Crippen LogP) is 2.03. The third-order valence-electron chi connectivity index (χ3n) is 3.95. The zero-order valence-corrected chi connectivity index (χ0v) is 13.2. The normalized spacial score (nSPS) is 12.7. The van der Waals surface area contributed by atoms with Crippen LogP contribution in [0.1, 0.15) is 26.7 Å². The third kappa shape index (κ3) is 3.40. The molecule has 0 atom stereocenters. The van der Waals surface area contributed by atoms with E-state index >= 15 is 0 Å². The number of hydrogen-bond acceptors (Lipinski definition) is 4. The van der Waals surface area contributed by atoms with Gasteiger partial charge in [-0.1, -0.05) is 26.0 Å². The second-order valence-corrected chi connectivity index (χ2v) is 6.98. The minimum Gasteiger partial charge on any atom is -0.324 e. The predicted molar refractivity (Wildman–Crippen MR) is 84.4 cm³/mol. The van der Waals surface area contributed by atoms with E-state index in [1.54, 1.807) is 30.6 Å². The lowest BCUT2D eigenvalue weighted by Crippen LogP contribution is -2.49. The molecule has 1 aromatic carbocycles. The number of fused-ring (bicyclic) bond motifs is 1. The molecule has 0 saturated heterocycles. The highest BCUT2D eigenvalue weighted by molar-refractivity contribution is 7.89. The maximum Gasteiger partial charge on any atom is 0.241 e. The van der Waals surface area contributed by atoms with Gasteiger partial charge in [0, 0.05) is 35.2 Å². The summed E-state index contributed by atoms with van der Waals surface area (Å²) in [6.07, 6.45) is 4.67. The van der Waals surface area contributed by atoms with Gasteiger partial charge in [0.05, 0.1) is 4.90 Å². The third-order valence-corrected chi connectivity index (χ3v) is 5.41. The Hall–Kier alpha value is -1.50. The molecule has 3 N–H and O–H groups in total. The number of aromatic nitrogens is 1. The van der Waals surface area contributed by atoms with Crippen LogP contribution in [0.2, 0.25) is 0 Å². The standard InChI is InChI=1S/C15H21N3O2S/c1-3-15(16,4-2)11-18-21(19,20)14-7-5-6-12-10-17-9-8-13(12)14/h5-10,18H,3-4,11,16H2,1-2H3. The van der Waals surface area contributed by atoms with Gasteiger partial charge >= 0.3 is 0 Å². The summed E-state index contributed by atoms with van der Waals surface area (Å²) in [4.78, 5) is 4.27. The van der Waals surface area contributed by atoms with E-state index in [1.807, 2.05) is 19.9 Å². The number of nitrogens with one attached hydrogen (secondary N) is 1. The van der Waals surface area contributed by atoms with Gasteiger partial charge in [-0.2, -0.15) is 0 Å². The van der Waals surface area contributed by atoms with Gasteiger partial charge < -0.3 is 5.73 Å². The van der Waals surface area contributed by atoms with Crippen molar-refractivity contribution in [2.45, 2.75) is 37.1 Å². The fourth-order valence-electron chi connectivity index (χ4n) is 2.14. The second kappa shape index (κ2) is 6.09. The maximum absolute atomic E-state index is 12.5. The van der Waals surface area contributed by atoms with Gasteiger partial charge in [0.2, 0.25) is 10.0 Å². The molecular formula is C15H21N3O2S. The van der Waals surface area contributed by atoms with Crippen molar-refractivity contribution in [2.24, 2.45) is 5.73 Å². The quantitative estimate of drug-likeness (QED) is 0.855. The molecule has 5 nitrogen and oxygen atoms in total. The molecular weight excluding hydrogens is 286 g/mol. The lowest BCUT2D eigenvalue weighted by atomic mass is 9.95. The number of sulfonamides is 1. The van der Waals surface area contributed by atoms with E-state index in [4.69, 9.17) is 5.73 Å². The van der Waals surface area contributed by atoms with Crippen LogP contribution in [0.4, 0.5) is 0 Å². The molecule has 21 heavy (non-hydrogen) atoms. The van der Waals surface area contributed by atoms with E-state index in [-0.39, 0.29) is 11.4 Å². The average Bonchev–Trinajstić information content (AvgIpc) is 2.52. The molecule has 2 rings (SSSR count). The molecule has 114 valence electrons. The highest BCUT2D eigenvalue weighted by Crippen LogP contribution is 2.22. The van der Waals surface area contributed by atoms with E-state index in [9.17, 15) is 8.42 Å². The molecule has 0 unspecified atom stereocenters. The monoisotopic (exact) mass is 307 g/mol. The molecule has 0 bridgehead atoms. The Morgan fingerprint density at radius 3 is 2.62 bits per heavy atom. The van der Waals surface area contributed by atoms with Gasteiger partial charge in [-0.3, -0.25) is 4.98 Å². The number of nitrogens with zero attached hydrogens (tertiary/aromatic N) is 1. The van der Waals surface area contributed by atoms with Crippen LogP contribution in [0.15, 0.2) is 41.6 Å². The van der Waals surface area contributed by atoms with Crippen molar-refractivity contribution in [1.82, 2.24) is 9.71 Å². The molecule has 0 aliphatic heterocycles. The molecule has 0 spiro atoms. The fourth-order valence-corrected chi connectivity index (χ4v) is 3.51. The van der Waals surface area contributed by atoms with Gasteiger partial charge in [-0.05, 0) is 25.0 Å². The zero-order chi connectivity index (χ0) is 15.5. The summed E-state index contributed by atoms with van der Waals surface area (Å²) in [7, 11) is -3.60. The summed E-state index contributed by atoms with van der Waals surface area (Å²) in [5, 5.41) is 1.46. The molecule has 0 fully saturated rings. The molecule has 0 saturated carbocycles. The first-order valence-electron chi connectivity index (χ1n) is 7.03. The molecule has 2 aromatic rings. The van der Waals surface area contributed by atoms with Crippen LogP contribution in [0, 0.1) is 0 Å². The van der Waals surface area contributed by atoms with Crippen molar-refractivity contribution in [3.8, 4) is 0 Å². The van der Waals surface area contributed by atoms with Crippen LogP contribution in [0.5, 0.6) is 0 Å². The Bertz CT molecular complexity index is 719. The number of rotatable bonds is 6. The summed E-state index contributed by atoms with van der Waals surface area (Å²) in [5.74, 6) is 0.